The highest BCUT2D eigenvalue weighted by molar-refractivity contribution is 14.0. The number of amides is 2. The van der Waals surface area contributed by atoms with Gasteiger partial charge in [0.25, 0.3) is 0 Å². The van der Waals surface area contributed by atoms with E-state index in [1.807, 2.05) is 23.1 Å². The molecule has 1 aromatic carbocycles. The Bertz CT molecular complexity index is 795. The zero-order valence-electron chi connectivity index (χ0n) is 19.9. The topological polar surface area (TPSA) is 89.1 Å². The van der Waals surface area contributed by atoms with Gasteiger partial charge in [0.2, 0.25) is 11.8 Å². The van der Waals surface area contributed by atoms with Crippen LogP contribution in [0.3, 0.4) is 0 Å². The van der Waals surface area contributed by atoms with Crippen LogP contribution in [0.5, 0.6) is 0 Å². The molecule has 0 radical (unpaired) electrons. The van der Waals surface area contributed by atoms with Gasteiger partial charge in [-0.1, -0.05) is 25.1 Å². The van der Waals surface area contributed by atoms with Crippen LogP contribution in [0.4, 0.5) is 5.69 Å². The molecule has 2 amide bonds. The van der Waals surface area contributed by atoms with Gasteiger partial charge >= 0.3 is 0 Å². The number of nitrogens with zero attached hydrogens (tertiary/aromatic N) is 3. The van der Waals surface area contributed by atoms with Gasteiger partial charge in [0.15, 0.2) is 5.96 Å². The largest absolute Gasteiger partial charge is 0.356 e. The Morgan fingerprint density at radius 1 is 1.09 bits per heavy atom. The number of guanidine groups is 1. The number of likely N-dealkylation sites (tertiary alicyclic amines) is 1. The number of aliphatic imine (C=N–C) groups is 1. The van der Waals surface area contributed by atoms with Gasteiger partial charge in [0, 0.05) is 57.9 Å². The monoisotopic (exact) mass is 570 g/mol. The van der Waals surface area contributed by atoms with Crippen LogP contribution in [0.15, 0.2) is 29.3 Å². The van der Waals surface area contributed by atoms with Crippen LogP contribution in [0, 0.1) is 0 Å². The van der Waals surface area contributed by atoms with Crippen LogP contribution < -0.4 is 20.9 Å². The summed E-state index contributed by atoms with van der Waals surface area (Å²) in [7, 11) is 1.77. The predicted molar refractivity (Wildman–Crippen MR) is 144 cm³/mol. The fourth-order valence-electron chi connectivity index (χ4n) is 4.33. The van der Waals surface area contributed by atoms with Crippen molar-refractivity contribution in [1.29, 1.82) is 0 Å². The number of nitrogens with one attached hydrogen (secondary N) is 3. The molecule has 2 aliphatic rings. The van der Waals surface area contributed by atoms with Gasteiger partial charge in [0.1, 0.15) is 0 Å². The summed E-state index contributed by atoms with van der Waals surface area (Å²) >= 11 is 0. The van der Waals surface area contributed by atoms with E-state index in [9.17, 15) is 9.59 Å². The molecule has 0 aliphatic carbocycles. The third-order valence-corrected chi connectivity index (χ3v) is 6.14. The fourth-order valence-corrected chi connectivity index (χ4v) is 4.33. The SMILES string of the molecule is CCCNC(=O)CN1CCC(NC(=NC)NCCCC(=O)N2CCc3ccccc32)CC1.I. The Morgan fingerprint density at radius 2 is 1.85 bits per heavy atom. The lowest BCUT2D eigenvalue weighted by atomic mass is 10.1. The summed E-state index contributed by atoms with van der Waals surface area (Å²) in [6.07, 6.45) is 5.16. The lowest BCUT2D eigenvalue weighted by Gasteiger charge is -2.32. The lowest BCUT2D eigenvalue weighted by Crippen LogP contribution is -2.50. The Kier molecular flexibility index (Phi) is 11.9. The number of hydrogen-bond donors (Lipinski definition) is 3. The van der Waals surface area contributed by atoms with Crippen LogP contribution in [0.25, 0.3) is 0 Å². The fraction of sp³-hybridized carbons (Fsp3) is 0.625. The molecule has 1 fully saturated rings. The summed E-state index contributed by atoms with van der Waals surface area (Å²) in [6, 6.07) is 8.51. The first-order chi connectivity index (χ1) is 15.6. The number of carbonyl (C=O) groups is 2. The second kappa shape index (κ2) is 14.4. The molecule has 9 heteroatoms. The highest BCUT2D eigenvalue weighted by atomic mass is 127. The van der Waals surface area contributed by atoms with E-state index in [1.54, 1.807) is 7.05 Å². The smallest absolute Gasteiger partial charge is 0.234 e. The summed E-state index contributed by atoms with van der Waals surface area (Å²) < 4.78 is 0. The molecule has 184 valence electrons. The number of anilines is 1. The minimum atomic E-state index is 0. The van der Waals surface area contributed by atoms with Crippen LogP contribution in [-0.2, 0) is 16.0 Å². The normalized spacial score (nSPS) is 16.7. The van der Waals surface area contributed by atoms with Crippen LogP contribution in [0.1, 0.15) is 44.6 Å². The summed E-state index contributed by atoms with van der Waals surface area (Å²) in [6.45, 7) is 6.58. The van der Waals surface area contributed by atoms with E-state index >= 15 is 0 Å². The number of halogens is 1. The van der Waals surface area contributed by atoms with Crippen molar-refractivity contribution < 1.29 is 9.59 Å². The quantitative estimate of drug-likeness (QED) is 0.183. The van der Waals surface area contributed by atoms with Crippen LogP contribution in [-0.4, -0.2) is 75.0 Å². The summed E-state index contributed by atoms with van der Waals surface area (Å²) in [5, 5.41) is 9.76. The minimum absolute atomic E-state index is 0. The molecule has 2 heterocycles. The van der Waals surface area contributed by atoms with Gasteiger partial charge in [-0.3, -0.25) is 19.5 Å². The first kappa shape index (κ1) is 27.4. The third-order valence-electron chi connectivity index (χ3n) is 6.14. The molecule has 0 aromatic heterocycles. The van der Waals surface area contributed by atoms with Crippen molar-refractivity contribution in [1.82, 2.24) is 20.9 Å². The van der Waals surface area contributed by atoms with E-state index in [0.29, 0.717) is 25.6 Å². The first-order valence-electron chi connectivity index (χ1n) is 11.9. The summed E-state index contributed by atoms with van der Waals surface area (Å²) in [4.78, 5) is 33.0. The molecular weight excluding hydrogens is 531 g/mol. The van der Waals surface area contributed by atoms with Crippen LogP contribution in [0.2, 0.25) is 0 Å². The number of carbonyl (C=O) groups excluding carboxylic acids is 2. The van der Waals surface area contributed by atoms with E-state index in [0.717, 1.165) is 69.9 Å². The van der Waals surface area contributed by atoms with Crippen molar-refractivity contribution in [3.8, 4) is 0 Å². The zero-order chi connectivity index (χ0) is 22.8. The van der Waals surface area contributed by atoms with Crippen molar-refractivity contribution in [2.75, 3.05) is 51.2 Å². The number of piperidine rings is 1. The predicted octanol–water partition coefficient (Wildman–Crippen LogP) is 2.13. The van der Waals surface area contributed by atoms with E-state index < -0.39 is 0 Å². The molecular formula is C24H39IN6O2. The second-order valence-corrected chi connectivity index (χ2v) is 8.57. The highest BCUT2D eigenvalue weighted by Gasteiger charge is 2.24. The molecule has 3 N–H and O–H groups in total. The average Bonchev–Trinajstić information content (AvgIpc) is 3.25. The molecule has 1 aromatic rings. The molecule has 2 aliphatic heterocycles. The van der Waals surface area contributed by atoms with E-state index in [4.69, 9.17) is 0 Å². The minimum Gasteiger partial charge on any atom is -0.356 e. The van der Waals surface area contributed by atoms with Crippen molar-refractivity contribution in [2.45, 2.75) is 51.5 Å². The Hall–Kier alpha value is -1.88. The molecule has 0 bridgehead atoms. The van der Waals surface area contributed by atoms with Gasteiger partial charge in [-0.2, -0.15) is 0 Å². The zero-order valence-corrected chi connectivity index (χ0v) is 22.3. The Balaban J connectivity index is 0.00000385. The maximum absolute atomic E-state index is 12.6. The molecule has 3 rings (SSSR count). The van der Waals surface area contributed by atoms with Gasteiger partial charge in [-0.05, 0) is 43.7 Å². The Labute approximate surface area is 215 Å². The van der Waals surface area contributed by atoms with Gasteiger partial charge in [-0.15, -0.1) is 24.0 Å². The first-order valence-corrected chi connectivity index (χ1v) is 11.9. The molecule has 33 heavy (non-hydrogen) atoms. The standard InChI is InChI=1S/C24H38N6O2.HI/c1-3-13-26-22(31)18-29-15-11-20(12-16-29)28-24(25-2)27-14-6-9-23(32)30-17-10-19-7-4-5-8-21(19)30;/h4-5,7-8,20H,3,6,9-18H2,1-2H3,(H,26,31)(H2,25,27,28);1H. The van der Waals surface area contributed by atoms with Crippen molar-refractivity contribution in [2.24, 2.45) is 4.99 Å². The van der Waals surface area contributed by atoms with Crippen molar-refractivity contribution in [3.05, 3.63) is 29.8 Å². The number of para-hydroxylation sites is 1. The van der Waals surface area contributed by atoms with Gasteiger partial charge in [0.05, 0.1) is 6.54 Å². The summed E-state index contributed by atoms with van der Waals surface area (Å²) in [5.74, 6) is 1.08. The number of hydrogen-bond acceptors (Lipinski definition) is 4. The van der Waals surface area contributed by atoms with Gasteiger partial charge < -0.3 is 20.9 Å². The average molecular weight is 571 g/mol. The van der Waals surface area contributed by atoms with E-state index in [-0.39, 0.29) is 35.8 Å². The molecule has 0 saturated carbocycles. The molecule has 1 saturated heterocycles. The Morgan fingerprint density at radius 3 is 2.58 bits per heavy atom. The third kappa shape index (κ3) is 8.44. The van der Waals surface area contributed by atoms with E-state index in [2.05, 4.69) is 38.8 Å². The number of rotatable bonds is 9. The number of fused-ring (bicyclic) bond motifs is 1. The van der Waals surface area contributed by atoms with Crippen molar-refractivity contribution in [3.63, 3.8) is 0 Å². The summed E-state index contributed by atoms with van der Waals surface area (Å²) in [5.41, 5.74) is 2.33. The van der Waals surface area contributed by atoms with E-state index in [1.165, 1.54) is 5.56 Å². The molecule has 0 atom stereocenters. The molecule has 8 nitrogen and oxygen atoms in total. The molecule has 0 unspecified atom stereocenters. The maximum atomic E-state index is 12.6. The number of benzene rings is 1. The van der Waals surface area contributed by atoms with Crippen LogP contribution >= 0.6 is 24.0 Å². The second-order valence-electron chi connectivity index (χ2n) is 8.57. The van der Waals surface area contributed by atoms with Crippen molar-refractivity contribution >= 4 is 47.4 Å². The highest BCUT2D eigenvalue weighted by Crippen LogP contribution is 2.27. The maximum Gasteiger partial charge on any atom is 0.234 e. The van der Waals surface area contributed by atoms with Gasteiger partial charge in [-0.25, -0.2) is 0 Å². The lowest BCUT2D eigenvalue weighted by molar-refractivity contribution is -0.122. The molecule has 0 spiro atoms.